The van der Waals surface area contributed by atoms with Gasteiger partial charge in [0.25, 0.3) is 0 Å². The lowest BCUT2D eigenvalue weighted by molar-refractivity contribution is -0.117. The number of carbonyl (C=O) groups excluding carboxylic acids is 1. The van der Waals surface area contributed by atoms with Gasteiger partial charge in [0.2, 0.25) is 5.91 Å². The van der Waals surface area contributed by atoms with Gasteiger partial charge in [-0.15, -0.1) is 0 Å². The van der Waals surface area contributed by atoms with Crippen LogP contribution in [0.4, 0.5) is 5.69 Å². The SMILES string of the molecule is CC(=O)N1CC2(CCCCN2Cc2ccc(Cl)cc2)Cc2ccccc21. The number of fused-ring (bicyclic) bond motifs is 1. The Labute approximate surface area is 160 Å². The van der Waals surface area contributed by atoms with Crippen LogP contribution in [-0.4, -0.2) is 29.4 Å². The number of carbonyl (C=O) groups is 1. The molecule has 3 nitrogen and oxygen atoms in total. The van der Waals surface area contributed by atoms with Gasteiger partial charge < -0.3 is 4.90 Å². The van der Waals surface area contributed by atoms with Crippen molar-refractivity contribution >= 4 is 23.2 Å². The number of rotatable bonds is 2. The highest BCUT2D eigenvalue weighted by molar-refractivity contribution is 6.30. The first-order valence-corrected chi connectivity index (χ1v) is 9.81. The Kier molecular flexibility index (Phi) is 4.76. The minimum absolute atomic E-state index is 0.0257. The van der Waals surface area contributed by atoms with Crippen molar-refractivity contribution in [3.05, 3.63) is 64.7 Å². The fourth-order valence-electron chi connectivity index (χ4n) is 4.58. The number of amides is 1. The average Bonchev–Trinajstić information content (AvgIpc) is 2.65. The number of benzene rings is 2. The zero-order valence-corrected chi connectivity index (χ0v) is 16.0. The molecule has 2 aromatic carbocycles. The lowest BCUT2D eigenvalue weighted by Crippen LogP contribution is -2.61. The van der Waals surface area contributed by atoms with Crippen LogP contribution in [0.15, 0.2) is 48.5 Å². The molecule has 2 aliphatic heterocycles. The van der Waals surface area contributed by atoms with E-state index >= 15 is 0 Å². The average molecular weight is 369 g/mol. The summed E-state index contributed by atoms with van der Waals surface area (Å²) in [6, 6.07) is 16.5. The van der Waals surface area contributed by atoms with E-state index in [0.717, 1.165) is 43.2 Å². The summed E-state index contributed by atoms with van der Waals surface area (Å²) in [6.45, 7) is 4.46. The van der Waals surface area contributed by atoms with E-state index in [-0.39, 0.29) is 11.4 Å². The molecule has 4 heteroatoms. The molecule has 0 radical (unpaired) electrons. The Balaban J connectivity index is 1.68. The van der Waals surface area contributed by atoms with Crippen LogP contribution in [0.2, 0.25) is 5.02 Å². The molecular formula is C22H25ClN2O. The van der Waals surface area contributed by atoms with Gasteiger partial charge in [0.05, 0.1) is 0 Å². The monoisotopic (exact) mass is 368 g/mol. The Hall–Kier alpha value is -1.84. The van der Waals surface area contributed by atoms with Crippen molar-refractivity contribution < 1.29 is 4.79 Å². The highest BCUT2D eigenvalue weighted by Gasteiger charge is 2.44. The number of nitrogens with zero attached hydrogens (tertiary/aromatic N) is 2. The Bertz CT molecular complexity index is 804. The van der Waals surface area contributed by atoms with Crippen LogP contribution >= 0.6 is 11.6 Å². The van der Waals surface area contributed by atoms with E-state index in [1.165, 1.54) is 24.0 Å². The van der Waals surface area contributed by atoms with E-state index in [9.17, 15) is 4.79 Å². The first-order valence-electron chi connectivity index (χ1n) is 9.43. The molecule has 136 valence electrons. The van der Waals surface area contributed by atoms with E-state index in [0.29, 0.717) is 0 Å². The summed E-state index contributed by atoms with van der Waals surface area (Å²) >= 11 is 6.05. The molecular weight excluding hydrogens is 344 g/mol. The fraction of sp³-hybridized carbons (Fsp3) is 0.409. The molecule has 1 amide bonds. The molecule has 1 unspecified atom stereocenters. The van der Waals surface area contributed by atoms with Gasteiger partial charge in [0.15, 0.2) is 0 Å². The number of piperidine rings is 1. The number of hydrogen-bond donors (Lipinski definition) is 0. The van der Waals surface area contributed by atoms with Gasteiger partial charge in [-0.3, -0.25) is 9.69 Å². The summed E-state index contributed by atoms with van der Waals surface area (Å²) in [7, 11) is 0. The molecule has 0 saturated carbocycles. The van der Waals surface area contributed by atoms with E-state index in [4.69, 9.17) is 11.6 Å². The summed E-state index contributed by atoms with van der Waals surface area (Å²) in [5.41, 5.74) is 3.68. The first kappa shape index (κ1) is 17.6. The summed E-state index contributed by atoms with van der Waals surface area (Å²) in [4.78, 5) is 17.0. The van der Waals surface area contributed by atoms with E-state index in [1.54, 1.807) is 6.92 Å². The number of hydrogen-bond acceptors (Lipinski definition) is 2. The molecule has 2 aromatic rings. The van der Waals surface area contributed by atoms with Crippen LogP contribution in [-0.2, 0) is 17.8 Å². The topological polar surface area (TPSA) is 23.6 Å². The summed E-state index contributed by atoms with van der Waals surface area (Å²) in [6.07, 6.45) is 4.60. The van der Waals surface area contributed by atoms with Gasteiger partial charge in [-0.2, -0.15) is 0 Å². The standard InChI is InChI=1S/C22H25ClN2O/c1-17(26)25-16-22(14-19-6-2-3-7-21(19)25)12-4-5-13-24(22)15-18-8-10-20(23)11-9-18/h2-3,6-11H,4-5,12-16H2,1H3. The minimum atomic E-state index is 0.0257. The van der Waals surface area contributed by atoms with Crippen LogP contribution in [0.25, 0.3) is 0 Å². The zero-order valence-electron chi connectivity index (χ0n) is 15.2. The molecule has 0 aromatic heterocycles. The molecule has 2 heterocycles. The molecule has 1 spiro atoms. The second-order valence-corrected chi connectivity index (χ2v) is 8.08. The van der Waals surface area contributed by atoms with Crippen molar-refractivity contribution in [2.75, 3.05) is 18.0 Å². The lowest BCUT2D eigenvalue weighted by Gasteiger charge is -2.52. The van der Waals surface area contributed by atoms with Gasteiger partial charge >= 0.3 is 0 Å². The maximum Gasteiger partial charge on any atom is 0.223 e. The second-order valence-electron chi connectivity index (χ2n) is 7.64. The Morgan fingerprint density at radius 3 is 2.65 bits per heavy atom. The highest BCUT2D eigenvalue weighted by atomic mass is 35.5. The van der Waals surface area contributed by atoms with E-state index in [2.05, 4.69) is 35.2 Å². The third-order valence-electron chi connectivity index (χ3n) is 5.91. The molecule has 26 heavy (non-hydrogen) atoms. The largest absolute Gasteiger partial charge is 0.311 e. The van der Waals surface area contributed by atoms with Gasteiger partial charge in [-0.1, -0.05) is 48.4 Å². The number of para-hydroxylation sites is 1. The van der Waals surface area contributed by atoms with Crippen LogP contribution in [0, 0.1) is 0 Å². The van der Waals surface area contributed by atoms with Crippen LogP contribution in [0.1, 0.15) is 37.3 Å². The predicted molar refractivity (Wildman–Crippen MR) is 107 cm³/mol. The fourth-order valence-corrected chi connectivity index (χ4v) is 4.71. The molecule has 1 atom stereocenters. The van der Waals surface area contributed by atoms with Gasteiger partial charge in [-0.25, -0.2) is 0 Å². The summed E-state index contributed by atoms with van der Waals surface area (Å²) in [5, 5.41) is 0.774. The van der Waals surface area contributed by atoms with Crippen LogP contribution < -0.4 is 4.90 Å². The summed E-state index contributed by atoms with van der Waals surface area (Å²) < 4.78 is 0. The molecule has 4 rings (SSSR count). The minimum Gasteiger partial charge on any atom is -0.311 e. The van der Waals surface area contributed by atoms with Crippen molar-refractivity contribution in [1.82, 2.24) is 4.90 Å². The Morgan fingerprint density at radius 2 is 1.88 bits per heavy atom. The van der Waals surface area contributed by atoms with Gasteiger partial charge in [0, 0.05) is 36.3 Å². The van der Waals surface area contributed by atoms with Crippen molar-refractivity contribution in [2.45, 2.75) is 44.7 Å². The third kappa shape index (κ3) is 3.26. The van der Waals surface area contributed by atoms with Crippen molar-refractivity contribution in [3.63, 3.8) is 0 Å². The normalized spacial score (nSPS) is 23.1. The number of likely N-dealkylation sites (tertiary alicyclic amines) is 1. The molecule has 0 N–H and O–H groups in total. The number of anilines is 1. The van der Waals surface area contributed by atoms with Gasteiger partial charge in [0.1, 0.15) is 0 Å². The van der Waals surface area contributed by atoms with E-state index < -0.39 is 0 Å². The maximum absolute atomic E-state index is 12.4. The van der Waals surface area contributed by atoms with Crippen LogP contribution in [0.3, 0.4) is 0 Å². The van der Waals surface area contributed by atoms with Crippen molar-refractivity contribution in [2.24, 2.45) is 0 Å². The van der Waals surface area contributed by atoms with Crippen molar-refractivity contribution in [1.29, 1.82) is 0 Å². The highest BCUT2D eigenvalue weighted by Crippen LogP contribution is 2.40. The van der Waals surface area contributed by atoms with Crippen molar-refractivity contribution in [3.8, 4) is 0 Å². The molecule has 1 saturated heterocycles. The summed E-state index contributed by atoms with van der Waals surface area (Å²) in [5.74, 6) is 0.133. The predicted octanol–water partition coefficient (Wildman–Crippen LogP) is 4.67. The third-order valence-corrected chi connectivity index (χ3v) is 6.16. The number of halogens is 1. The molecule has 0 aliphatic carbocycles. The zero-order chi connectivity index (χ0) is 18.1. The quantitative estimate of drug-likeness (QED) is 0.768. The smallest absolute Gasteiger partial charge is 0.223 e. The van der Waals surface area contributed by atoms with Crippen LogP contribution in [0.5, 0.6) is 0 Å². The van der Waals surface area contributed by atoms with E-state index in [1.807, 2.05) is 23.1 Å². The van der Waals surface area contributed by atoms with Gasteiger partial charge in [-0.05, 0) is 55.1 Å². The Morgan fingerprint density at radius 1 is 1.12 bits per heavy atom. The second kappa shape index (κ2) is 7.05. The lowest BCUT2D eigenvalue weighted by atomic mass is 9.77. The molecule has 1 fully saturated rings. The first-order chi connectivity index (χ1) is 12.6. The maximum atomic E-state index is 12.4. The molecule has 0 bridgehead atoms. The molecule has 2 aliphatic rings.